The normalized spacial score (nSPS) is 13.6. The first kappa shape index (κ1) is 17.3. The van der Waals surface area contributed by atoms with Gasteiger partial charge in [-0.25, -0.2) is 4.98 Å². The summed E-state index contributed by atoms with van der Waals surface area (Å²) >= 11 is 0. The van der Waals surface area contributed by atoms with Crippen molar-refractivity contribution < 1.29 is 0 Å². The van der Waals surface area contributed by atoms with Crippen molar-refractivity contribution in [2.45, 2.75) is 26.2 Å². The van der Waals surface area contributed by atoms with Crippen LogP contribution in [0.2, 0.25) is 0 Å². The van der Waals surface area contributed by atoms with E-state index >= 15 is 0 Å². The maximum atomic E-state index is 4.59. The lowest BCUT2D eigenvalue weighted by molar-refractivity contribution is 0.949. The van der Waals surface area contributed by atoms with Crippen molar-refractivity contribution in [2.75, 3.05) is 28.6 Å². The summed E-state index contributed by atoms with van der Waals surface area (Å²) in [7, 11) is 0. The summed E-state index contributed by atoms with van der Waals surface area (Å²) in [6, 6.07) is 18.7. The highest BCUT2D eigenvalue weighted by molar-refractivity contribution is 5.63. The van der Waals surface area contributed by atoms with Crippen molar-refractivity contribution in [3.8, 4) is 0 Å². The molecule has 1 aliphatic heterocycles. The van der Waals surface area contributed by atoms with Crippen molar-refractivity contribution in [3.63, 3.8) is 0 Å². The van der Waals surface area contributed by atoms with Crippen molar-refractivity contribution in [1.82, 2.24) is 9.97 Å². The number of hydrogen-bond acceptors (Lipinski definition) is 5. The average Bonchev–Trinajstić information content (AvgIpc) is 3.24. The molecular formula is C22H25N5. The zero-order chi connectivity index (χ0) is 18.5. The van der Waals surface area contributed by atoms with Crippen LogP contribution in [0.15, 0.2) is 60.8 Å². The van der Waals surface area contributed by atoms with Gasteiger partial charge in [-0.05, 0) is 61.2 Å². The monoisotopic (exact) mass is 359 g/mol. The van der Waals surface area contributed by atoms with E-state index in [0.29, 0.717) is 5.95 Å². The SMILES string of the molecule is CCc1ccccc1Nc1nccc(Nc2ccc(N3CCCC3)cc2)n1. The molecule has 1 aliphatic rings. The Morgan fingerprint density at radius 3 is 2.48 bits per heavy atom. The summed E-state index contributed by atoms with van der Waals surface area (Å²) in [5.41, 5.74) is 4.61. The van der Waals surface area contributed by atoms with Crippen molar-refractivity contribution in [1.29, 1.82) is 0 Å². The van der Waals surface area contributed by atoms with Gasteiger partial charge in [-0.2, -0.15) is 4.98 Å². The van der Waals surface area contributed by atoms with Crippen LogP contribution in [0.25, 0.3) is 0 Å². The molecule has 1 fully saturated rings. The van der Waals surface area contributed by atoms with Gasteiger partial charge in [0.15, 0.2) is 0 Å². The second-order valence-corrected chi connectivity index (χ2v) is 6.77. The summed E-state index contributed by atoms with van der Waals surface area (Å²) in [6.45, 7) is 4.46. The minimum atomic E-state index is 0.592. The Morgan fingerprint density at radius 1 is 0.926 bits per heavy atom. The van der Waals surface area contributed by atoms with E-state index in [1.807, 2.05) is 12.1 Å². The van der Waals surface area contributed by atoms with E-state index in [1.54, 1.807) is 6.20 Å². The summed E-state index contributed by atoms with van der Waals surface area (Å²) in [5.74, 6) is 1.37. The van der Waals surface area contributed by atoms with Crippen LogP contribution < -0.4 is 15.5 Å². The Balaban J connectivity index is 1.46. The van der Waals surface area contributed by atoms with Crippen LogP contribution in [0, 0.1) is 0 Å². The third-order valence-corrected chi connectivity index (χ3v) is 4.91. The largest absolute Gasteiger partial charge is 0.372 e. The second-order valence-electron chi connectivity index (χ2n) is 6.77. The predicted octanol–water partition coefficient (Wildman–Crippen LogP) is 5.13. The number of benzene rings is 2. The summed E-state index contributed by atoms with van der Waals surface area (Å²) in [5, 5.41) is 6.69. The van der Waals surface area contributed by atoms with Gasteiger partial charge in [-0.3, -0.25) is 0 Å². The van der Waals surface area contributed by atoms with Crippen LogP contribution in [0.1, 0.15) is 25.3 Å². The van der Waals surface area contributed by atoms with Gasteiger partial charge in [0.2, 0.25) is 5.95 Å². The first-order chi connectivity index (χ1) is 13.3. The molecule has 1 aromatic heterocycles. The van der Waals surface area contributed by atoms with Gasteiger partial charge in [-0.15, -0.1) is 0 Å². The molecule has 0 radical (unpaired) electrons. The second kappa shape index (κ2) is 8.08. The van der Waals surface area contributed by atoms with E-state index in [1.165, 1.54) is 24.1 Å². The zero-order valence-electron chi connectivity index (χ0n) is 15.7. The average molecular weight is 359 g/mol. The molecule has 5 heteroatoms. The number of aryl methyl sites for hydroxylation is 1. The molecule has 1 saturated heterocycles. The highest BCUT2D eigenvalue weighted by Gasteiger charge is 2.12. The predicted molar refractivity (Wildman–Crippen MR) is 112 cm³/mol. The molecule has 3 aromatic rings. The highest BCUT2D eigenvalue weighted by atomic mass is 15.2. The van der Waals surface area contributed by atoms with Crippen LogP contribution in [-0.2, 0) is 6.42 Å². The molecule has 0 atom stereocenters. The Hall–Kier alpha value is -3.08. The molecule has 0 saturated carbocycles. The standard InChI is InChI=1S/C22H25N5/c1-2-17-7-3-4-8-20(17)25-22-23-14-13-21(26-22)24-18-9-11-19(12-10-18)27-15-5-6-16-27/h3-4,7-14H,2,5-6,15-16H2,1H3,(H2,23,24,25,26). The molecule has 2 heterocycles. The first-order valence-electron chi connectivity index (χ1n) is 9.62. The van der Waals surface area contributed by atoms with Gasteiger partial charge < -0.3 is 15.5 Å². The van der Waals surface area contributed by atoms with Gasteiger partial charge in [0.25, 0.3) is 0 Å². The quantitative estimate of drug-likeness (QED) is 0.639. The minimum absolute atomic E-state index is 0.592. The Labute approximate surface area is 160 Å². The number of anilines is 5. The number of nitrogens with one attached hydrogen (secondary N) is 2. The molecule has 0 spiro atoms. The number of rotatable bonds is 6. The third kappa shape index (κ3) is 4.19. The van der Waals surface area contributed by atoms with Gasteiger partial charge >= 0.3 is 0 Å². The molecule has 0 bridgehead atoms. The molecule has 2 N–H and O–H groups in total. The molecule has 0 unspecified atom stereocenters. The molecule has 4 rings (SSSR count). The Kier molecular flexibility index (Phi) is 5.19. The fourth-order valence-electron chi connectivity index (χ4n) is 3.44. The fraction of sp³-hybridized carbons (Fsp3) is 0.273. The number of hydrogen-bond donors (Lipinski definition) is 2. The summed E-state index contributed by atoms with van der Waals surface area (Å²) in [6.07, 6.45) is 5.31. The van der Waals surface area contributed by atoms with E-state index in [0.717, 1.165) is 36.7 Å². The third-order valence-electron chi connectivity index (χ3n) is 4.91. The summed E-state index contributed by atoms with van der Waals surface area (Å²) < 4.78 is 0. The fourth-order valence-corrected chi connectivity index (χ4v) is 3.44. The van der Waals surface area contributed by atoms with Gasteiger partial charge in [0.1, 0.15) is 5.82 Å². The van der Waals surface area contributed by atoms with Crippen molar-refractivity contribution in [2.24, 2.45) is 0 Å². The van der Waals surface area contributed by atoms with E-state index in [9.17, 15) is 0 Å². The molecule has 138 valence electrons. The van der Waals surface area contributed by atoms with Crippen LogP contribution in [-0.4, -0.2) is 23.1 Å². The molecule has 0 aliphatic carbocycles. The number of para-hydroxylation sites is 1. The number of nitrogens with zero attached hydrogens (tertiary/aromatic N) is 3. The van der Waals surface area contributed by atoms with Gasteiger partial charge in [0.05, 0.1) is 0 Å². The smallest absolute Gasteiger partial charge is 0.229 e. The minimum Gasteiger partial charge on any atom is -0.372 e. The Bertz CT molecular complexity index is 885. The zero-order valence-corrected chi connectivity index (χ0v) is 15.7. The molecular weight excluding hydrogens is 334 g/mol. The first-order valence-corrected chi connectivity index (χ1v) is 9.62. The van der Waals surface area contributed by atoms with Crippen LogP contribution in [0.4, 0.5) is 28.8 Å². The lowest BCUT2D eigenvalue weighted by atomic mass is 10.1. The topological polar surface area (TPSA) is 53.1 Å². The molecule has 27 heavy (non-hydrogen) atoms. The molecule has 2 aromatic carbocycles. The van der Waals surface area contributed by atoms with Gasteiger partial charge in [0, 0.05) is 36.3 Å². The lowest BCUT2D eigenvalue weighted by Crippen LogP contribution is -2.17. The molecule has 0 amide bonds. The van der Waals surface area contributed by atoms with Crippen molar-refractivity contribution >= 4 is 28.8 Å². The highest BCUT2D eigenvalue weighted by Crippen LogP contribution is 2.24. The van der Waals surface area contributed by atoms with E-state index in [4.69, 9.17) is 0 Å². The van der Waals surface area contributed by atoms with Crippen LogP contribution in [0.3, 0.4) is 0 Å². The van der Waals surface area contributed by atoms with E-state index in [-0.39, 0.29) is 0 Å². The van der Waals surface area contributed by atoms with E-state index in [2.05, 4.69) is 74.9 Å². The lowest BCUT2D eigenvalue weighted by Gasteiger charge is -2.18. The van der Waals surface area contributed by atoms with Crippen LogP contribution >= 0.6 is 0 Å². The Morgan fingerprint density at radius 2 is 1.70 bits per heavy atom. The van der Waals surface area contributed by atoms with E-state index < -0.39 is 0 Å². The van der Waals surface area contributed by atoms with Crippen molar-refractivity contribution in [3.05, 3.63) is 66.4 Å². The summed E-state index contributed by atoms with van der Waals surface area (Å²) in [4.78, 5) is 11.4. The van der Waals surface area contributed by atoms with Crippen LogP contribution in [0.5, 0.6) is 0 Å². The number of aromatic nitrogens is 2. The maximum Gasteiger partial charge on any atom is 0.229 e. The molecule has 5 nitrogen and oxygen atoms in total. The maximum absolute atomic E-state index is 4.59. The van der Waals surface area contributed by atoms with Gasteiger partial charge in [-0.1, -0.05) is 25.1 Å².